The van der Waals surface area contributed by atoms with Crippen LogP contribution in [0.1, 0.15) is 28.8 Å². The number of rotatable bonds is 5. The first kappa shape index (κ1) is 17.6. The fourth-order valence-electron chi connectivity index (χ4n) is 2.73. The van der Waals surface area contributed by atoms with Gasteiger partial charge in [0.1, 0.15) is 11.9 Å². The van der Waals surface area contributed by atoms with Crippen molar-refractivity contribution in [2.24, 2.45) is 0 Å². The number of nitrogens with one attached hydrogen (secondary N) is 3. The standard InChI is InChI=1S/C19H18FN3O3/c20-13-5-3-4-12(10-13)11-21-17(24)9-8-16-19(26)22-15-7-2-1-6-14(15)18(25)23-16/h1-7,10,16H,8-9,11H2,(H,21,24)(H,22,26)(H,23,25)/t16-/m0/s1. The number of benzene rings is 2. The molecule has 1 atom stereocenters. The van der Waals surface area contributed by atoms with Gasteiger partial charge >= 0.3 is 0 Å². The number of hydrogen-bond acceptors (Lipinski definition) is 3. The van der Waals surface area contributed by atoms with Crippen molar-refractivity contribution in [2.75, 3.05) is 5.32 Å². The zero-order valence-corrected chi connectivity index (χ0v) is 13.9. The van der Waals surface area contributed by atoms with E-state index in [1.54, 1.807) is 36.4 Å². The predicted molar refractivity (Wildman–Crippen MR) is 93.8 cm³/mol. The summed E-state index contributed by atoms with van der Waals surface area (Å²) in [5, 5.41) is 8.01. The molecule has 6 nitrogen and oxygen atoms in total. The van der Waals surface area contributed by atoms with Crippen LogP contribution in [0.2, 0.25) is 0 Å². The summed E-state index contributed by atoms with van der Waals surface area (Å²) in [6, 6.07) is 11.9. The molecule has 1 aliphatic rings. The molecule has 0 saturated heterocycles. The van der Waals surface area contributed by atoms with Crippen molar-refractivity contribution < 1.29 is 18.8 Å². The Kier molecular flexibility index (Phi) is 5.26. The van der Waals surface area contributed by atoms with E-state index in [9.17, 15) is 18.8 Å². The van der Waals surface area contributed by atoms with Crippen molar-refractivity contribution in [3.05, 3.63) is 65.5 Å². The molecule has 0 aromatic heterocycles. The minimum absolute atomic E-state index is 0.0596. The van der Waals surface area contributed by atoms with E-state index in [0.717, 1.165) is 0 Å². The molecule has 0 saturated carbocycles. The van der Waals surface area contributed by atoms with Gasteiger partial charge in [-0.05, 0) is 36.2 Å². The average molecular weight is 355 g/mol. The van der Waals surface area contributed by atoms with Crippen molar-refractivity contribution in [1.82, 2.24) is 10.6 Å². The van der Waals surface area contributed by atoms with Crippen LogP contribution >= 0.6 is 0 Å². The minimum atomic E-state index is -0.796. The molecule has 26 heavy (non-hydrogen) atoms. The Balaban J connectivity index is 1.53. The van der Waals surface area contributed by atoms with Gasteiger partial charge in [0.25, 0.3) is 5.91 Å². The Hall–Kier alpha value is -3.22. The highest BCUT2D eigenvalue weighted by Crippen LogP contribution is 2.19. The third-order valence-electron chi connectivity index (χ3n) is 4.09. The van der Waals surface area contributed by atoms with Gasteiger partial charge in [0.15, 0.2) is 0 Å². The zero-order valence-electron chi connectivity index (χ0n) is 13.9. The van der Waals surface area contributed by atoms with E-state index in [2.05, 4.69) is 16.0 Å². The Labute approximate surface area is 149 Å². The van der Waals surface area contributed by atoms with Crippen molar-refractivity contribution in [3.8, 4) is 0 Å². The molecule has 1 aliphatic heterocycles. The lowest BCUT2D eigenvalue weighted by molar-refractivity contribution is -0.122. The van der Waals surface area contributed by atoms with Crippen LogP contribution in [0.15, 0.2) is 48.5 Å². The van der Waals surface area contributed by atoms with Gasteiger partial charge in [-0.25, -0.2) is 4.39 Å². The van der Waals surface area contributed by atoms with E-state index < -0.39 is 6.04 Å². The van der Waals surface area contributed by atoms with E-state index >= 15 is 0 Å². The normalized spacial score (nSPS) is 16.1. The molecule has 0 fully saturated rings. The number of carbonyl (C=O) groups excluding carboxylic acids is 3. The first-order chi connectivity index (χ1) is 12.5. The molecule has 0 radical (unpaired) electrons. The van der Waals surface area contributed by atoms with Crippen LogP contribution in [0.5, 0.6) is 0 Å². The summed E-state index contributed by atoms with van der Waals surface area (Å²) in [6.07, 6.45) is 0.227. The van der Waals surface area contributed by atoms with Gasteiger partial charge in [0.05, 0.1) is 11.3 Å². The van der Waals surface area contributed by atoms with Crippen LogP contribution in [-0.2, 0) is 16.1 Å². The molecule has 0 aliphatic carbocycles. The van der Waals surface area contributed by atoms with E-state index in [0.29, 0.717) is 16.8 Å². The van der Waals surface area contributed by atoms with Crippen LogP contribution in [0, 0.1) is 5.82 Å². The van der Waals surface area contributed by atoms with Crippen molar-refractivity contribution in [1.29, 1.82) is 0 Å². The fraction of sp³-hybridized carbons (Fsp3) is 0.211. The molecule has 2 aromatic carbocycles. The van der Waals surface area contributed by atoms with Crippen LogP contribution in [0.3, 0.4) is 0 Å². The van der Waals surface area contributed by atoms with Gasteiger partial charge in [0.2, 0.25) is 11.8 Å². The van der Waals surface area contributed by atoms with Crippen LogP contribution in [0.25, 0.3) is 0 Å². The lowest BCUT2D eigenvalue weighted by Crippen LogP contribution is -2.42. The summed E-state index contributed by atoms with van der Waals surface area (Å²) in [5.41, 5.74) is 1.49. The number of carbonyl (C=O) groups is 3. The summed E-state index contributed by atoms with van der Waals surface area (Å²) in [4.78, 5) is 36.4. The van der Waals surface area contributed by atoms with Gasteiger partial charge in [-0.1, -0.05) is 24.3 Å². The fourth-order valence-corrected chi connectivity index (χ4v) is 2.73. The molecule has 0 spiro atoms. The van der Waals surface area contributed by atoms with Crippen molar-refractivity contribution in [2.45, 2.75) is 25.4 Å². The molecule has 3 N–H and O–H groups in total. The Bertz CT molecular complexity index is 853. The van der Waals surface area contributed by atoms with Gasteiger partial charge in [-0.2, -0.15) is 0 Å². The van der Waals surface area contributed by atoms with Gasteiger partial charge in [-0.15, -0.1) is 0 Å². The highest BCUT2D eigenvalue weighted by molar-refractivity contribution is 6.09. The maximum atomic E-state index is 13.1. The van der Waals surface area contributed by atoms with Crippen LogP contribution < -0.4 is 16.0 Å². The SMILES string of the molecule is O=C(CC[C@@H]1NC(=O)c2ccccc2NC1=O)NCc1cccc(F)c1. The molecule has 0 unspecified atom stereocenters. The van der Waals surface area contributed by atoms with E-state index in [1.807, 2.05) is 0 Å². The molecule has 7 heteroatoms. The molecule has 3 amide bonds. The second kappa shape index (κ2) is 7.77. The molecular formula is C19H18FN3O3. The number of amides is 3. The number of fused-ring (bicyclic) bond motifs is 1. The summed E-state index contributed by atoms with van der Waals surface area (Å²) in [6.45, 7) is 0.200. The third kappa shape index (κ3) is 4.24. The van der Waals surface area contributed by atoms with Gasteiger partial charge in [-0.3, -0.25) is 14.4 Å². The Morgan fingerprint density at radius 1 is 1.12 bits per heavy atom. The average Bonchev–Trinajstić information content (AvgIpc) is 2.75. The van der Waals surface area contributed by atoms with Crippen molar-refractivity contribution >= 4 is 23.4 Å². The van der Waals surface area contributed by atoms with E-state index in [1.165, 1.54) is 12.1 Å². The molecule has 134 valence electrons. The first-order valence-corrected chi connectivity index (χ1v) is 8.25. The Morgan fingerprint density at radius 2 is 1.92 bits per heavy atom. The van der Waals surface area contributed by atoms with E-state index in [-0.39, 0.29) is 42.9 Å². The maximum Gasteiger partial charge on any atom is 0.254 e. The lowest BCUT2D eigenvalue weighted by Gasteiger charge is -2.14. The summed E-state index contributed by atoms with van der Waals surface area (Å²) >= 11 is 0. The molecule has 2 aromatic rings. The summed E-state index contributed by atoms with van der Waals surface area (Å²) in [5.74, 6) is -1.36. The molecular weight excluding hydrogens is 337 g/mol. The second-order valence-electron chi connectivity index (χ2n) is 6.01. The maximum absolute atomic E-state index is 13.1. The van der Waals surface area contributed by atoms with Crippen LogP contribution in [-0.4, -0.2) is 23.8 Å². The van der Waals surface area contributed by atoms with Gasteiger partial charge < -0.3 is 16.0 Å². The number of hydrogen-bond donors (Lipinski definition) is 3. The highest BCUT2D eigenvalue weighted by atomic mass is 19.1. The first-order valence-electron chi connectivity index (χ1n) is 8.25. The number of para-hydroxylation sites is 1. The summed E-state index contributed by atoms with van der Waals surface area (Å²) in [7, 11) is 0. The quantitative estimate of drug-likeness (QED) is 0.766. The number of halogens is 1. The molecule has 1 heterocycles. The predicted octanol–water partition coefficient (Wildman–Crippen LogP) is 1.97. The zero-order chi connectivity index (χ0) is 18.5. The van der Waals surface area contributed by atoms with E-state index in [4.69, 9.17) is 0 Å². The van der Waals surface area contributed by atoms with Gasteiger partial charge in [0, 0.05) is 13.0 Å². The van der Waals surface area contributed by atoms with Crippen molar-refractivity contribution in [3.63, 3.8) is 0 Å². The smallest absolute Gasteiger partial charge is 0.254 e. The van der Waals surface area contributed by atoms with Crippen LogP contribution in [0.4, 0.5) is 10.1 Å². The largest absolute Gasteiger partial charge is 0.352 e. The highest BCUT2D eigenvalue weighted by Gasteiger charge is 2.27. The topological polar surface area (TPSA) is 87.3 Å². The number of anilines is 1. The second-order valence-corrected chi connectivity index (χ2v) is 6.01. The molecule has 3 rings (SSSR count). The summed E-state index contributed by atoms with van der Waals surface area (Å²) < 4.78 is 13.1. The minimum Gasteiger partial charge on any atom is -0.352 e. The lowest BCUT2D eigenvalue weighted by atomic mass is 10.1. The molecule has 0 bridgehead atoms. The Morgan fingerprint density at radius 3 is 2.73 bits per heavy atom. The third-order valence-corrected chi connectivity index (χ3v) is 4.09. The monoisotopic (exact) mass is 355 g/mol.